The topological polar surface area (TPSA) is 35.5 Å². The third-order valence-electron chi connectivity index (χ3n) is 12.4. The van der Waals surface area contributed by atoms with Crippen LogP contribution in [0.15, 0.2) is 267 Å². The maximum atomic E-state index is 15.5. The summed E-state index contributed by atoms with van der Waals surface area (Å²) in [5.74, 6) is 2.83. The summed E-state index contributed by atoms with van der Waals surface area (Å²) >= 11 is 0. The van der Waals surface area contributed by atoms with Crippen molar-refractivity contribution in [3.63, 3.8) is 0 Å². The Balaban J connectivity index is 0.997. The first kappa shape index (κ1) is 41.6. The summed E-state index contributed by atoms with van der Waals surface area (Å²) in [7, 11) is 0. The van der Waals surface area contributed by atoms with Gasteiger partial charge in [0.05, 0.1) is 0 Å². The van der Waals surface area contributed by atoms with Crippen LogP contribution in [0, 0.1) is 0 Å². The molecule has 322 valence electrons. The Labute approximate surface area is 397 Å². The first-order valence-corrected chi connectivity index (χ1v) is 22.8. The molecule has 1 aliphatic carbocycles. The largest absolute Gasteiger partial charge is 0.457 e. The SMILES string of the molecule is O=C1C(c2ccc(-c3ccccc3)cc2)=C(c2ccc(Oc3ccc(-c4ccccc4)cc3)cc2)C(c2ccc(Oc3ccc(-c4ccccc4)cc3)cc2)=C1c1ccc(-c2ccccc2)cc1. The van der Waals surface area contributed by atoms with Gasteiger partial charge in [0.1, 0.15) is 23.0 Å². The third kappa shape index (κ3) is 8.72. The summed E-state index contributed by atoms with van der Waals surface area (Å²) in [5, 5.41) is 0. The fourth-order valence-electron chi connectivity index (χ4n) is 8.99. The van der Waals surface area contributed by atoms with Gasteiger partial charge in [-0.15, -0.1) is 0 Å². The zero-order chi connectivity index (χ0) is 45.7. The predicted molar refractivity (Wildman–Crippen MR) is 279 cm³/mol. The van der Waals surface area contributed by atoms with Crippen LogP contribution in [-0.2, 0) is 4.79 Å². The lowest BCUT2D eigenvalue weighted by molar-refractivity contribution is -0.108. The molecule has 0 saturated heterocycles. The number of ketones is 1. The highest BCUT2D eigenvalue weighted by Crippen LogP contribution is 2.50. The Bertz CT molecular complexity index is 3160. The van der Waals surface area contributed by atoms with Crippen molar-refractivity contribution in [2.45, 2.75) is 0 Å². The molecular formula is C65H44O3. The Kier molecular flexibility index (Phi) is 11.5. The van der Waals surface area contributed by atoms with Crippen molar-refractivity contribution in [1.29, 1.82) is 0 Å². The van der Waals surface area contributed by atoms with Crippen LogP contribution in [0.3, 0.4) is 0 Å². The first-order chi connectivity index (χ1) is 33.6. The average molecular weight is 873 g/mol. The van der Waals surface area contributed by atoms with Crippen LogP contribution in [0.25, 0.3) is 66.8 Å². The predicted octanol–water partition coefficient (Wildman–Crippen LogP) is 17.0. The third-order valence-corrected chi connectivity index (χ3v) is 12.4. The summed E-state index contributed by atoms with van der Waals surface area (Å²) in [5.41, 5.74) is 15.4. The Morgan fingerprint density at radius 2 is 0.353 bits per heavy atom. The number of rotatable bonds is 12. The van der Waals surface area contributed by atoms with E-state index in [2.05, 4.69) is 146 Å². The highest BCUT2D eigenvalue weighted by atomic mass is 16.5. The van der Waals surface area contributed by atoms with Crippen LogP contribution in [0.4, 0.5) is 0 Å². The van der Waals surface area contributed by atoms with E-state index in [9.17, 15) is 0 Å². The highest BCUT2D eigenvalue weighted by Gasteiger charge is 2.35. The van der Waals surface area contributed by atoms with Crippen molar-refractivity contribution in [3.05, 3.63) is 289 Å². The molecule has 0 radical (unpaired) electrons. The molecule has 0 aromatic heterocycles. The van der Waals surface area contributed by atoms with E-state index in [1.54, 1.807) is 0 Å². The van der Waals surface area contributed by atoms with Crippen LogP contribution < -0.4 is 9.47 Å². The molecule has 0 spiro atoms. The van der Waals surface area contributed by atoms with Gasteiger partial charge in [-0.2, -0.15) is 0 Å². The van der Waals surface area contributed by atoms with Gasteiger partial charge in [0.2, 0.25) is 0 Å². The van der Waals surface area contributed by atoms with Crippen LogP contribution >= 0.6 is 0 Å². The van der Waals surface area contributed by atoms with E-state index < -0.39 is 0 Å². The second kappa shape index (κ2) is 18.8. The smallest absolute Gasteiger partial charge is 0.195 e. The lowest BCUT2D eigenvalue weighted by Gasteiger charge is -2.15. The monoisotopic (exact) mass is 872 g/mol. The summed E-state index contributed by atoms with van der Waals surface area (Å²) < 4.78 is 12.8. The lowest BCUT2D eigenvalue weighted by atomic mass is 9.89. The molecule has 11 rings (SSSR count). The van der Waals surface area contributed by atoms with E-state index in [4.69, 9.17) is 9.47 Å². The van der Waals surface area contributed by atoms with Crippen molar-refractivity contribution >= 4 is 28.1 Å². The Hall–Kier alpha value is -9.05. The van der Waals surface area contributed by atoms with E-state index in [1.165, 1.54) is 0 Å². The van der Waals surface area contributed by atoms with E-state index in [-0.39, 0.29) is 5.78 Å². The molecule has 0 bridgehead atoms. The van der Waals surface area contributed by atoms with Gasteiger partial charge >= 0.3 is 0 Å². The fourth-order valence-corrected chi connectivity index (χ4v) is 8.99. The van der Waals surface area contributed by atoms with Crippen LogP contribution in [0.2, 0.25) is 0 Å². The second-order valence-electron chi connectivity index (χ2n) is 16.7. The second-order valence-corrected chi connectivity index (χ2v) is 16.7. The van der Waals surface area contributed by atoms with Crippen molar-refractivity contribution < 1.29 is 14.3 Å². The van der Waals surface area contributed by atoms with Crippen molar-refractivity contribution in [2.24, 2.45) is 0 Å². The van der Waals surface area contributed by atoms with Crippen molar-refractivity contribution in [2.75, 3.05) is 0 Å². The van der Waals surface area contributed by atoms with Crippen LogP contribution in [0.1, 0.15) is 22.3 Å². The lowest BCUT2D eigenvalue weighted by Crippen LogP contribution is -2.02. The van der Waals surface area contributed by atoms with E-state index >= 15 is 4.79 Å². The standard InChI is InChI=1S/C65H44O3/c66-65-63(55-25-21-49(22-26-55)45-13-5-1-6-14-45)61(53-33-41-59(42-34-53)67-57-37-29-51(30-38-57)47-17-9-3-10-18-47)62(64(65)56-27-23-50(24-28-56)46-15-7-2-8-16-46)54-35-43-60(44-36-54)68-58-39-31-52(32-40-58)48-19-11-4-12-20-48/h1-44H. The highest BCUT2D eigenvalue weighted by molar-refractivity contribution is 6.59. The number of hydrogen-bond acceptors (Lipinski definition) is 3. The molecule has 3 nitrogen and oxygen atoms in total. The number of Topliss-reactive ketones (excluding diaryl/α,β-unsaturated/α-hetero) is 1. The zero-order valence-corrected chi connectivity index (χ0v) is 37.1. The number of benzene rings is 10. The number of ether oxygens (including phenoxy) is 2. The van der Waals surface area contributed by atoms with Crippen molar-refractivity contribution in [1.82, 2.24) is 0 Å². The molecule has 10 aromatic rings. The number of hydrogen-bond donors (Lipinski definition) is 0. The maximum absolute atomic E-state index is 15.5. The molecule has 0 heterocycles. The summed E-state index contributed by atoms with van der Waals surface area (Å²) in [6, 6.07) is 90.4. The minimum absolute atomic E-state index is 0.0346. The first-order valence-electron chi connectivity index (χ1n) is 22.8. The molecule has 0 atom stereocenters. The van der Waals surface area contributed by atoms with Gasteiger partial charge in [0.15, 0.2) is 5.78 Å². The van der Waals surface area contributed by atoms with Gasteiger partial charge in [-0.1, -0.05) is 218 Å². The van der Waals surface area contributed by atoms with Gasteiger partial charge in [-0.05, 0) is 115 Å². The summed E-state index contributed by atoms with van der Waals surface area (Å²) in [6.45, 7) is 0. The fraction of sp³-hybridized carbons (Fsp3) is 0. The molecule has 68 heavy (non-hydrogen) atoms. The molecule has 3 heteroatoms. The molecule has 0 fully saturated rings. The quantitative estimate of drug-likeness (QED) is 0.123. The number of carbonyl (C=O) groups excluding carboxylic acids is 1. The number of allylic oxidation sites excluding steroid dienone is 4. The van der Waals surface area contributed by atoms with Gasteiger partial charge in [0.25, 0.3) is 0 Å². The minimum Gasteiger partial charge on any atom is -0.457 e. The van der Waals surface area contributed by atoms with Crippen LogP contribution in [-0.4, -0.2) is 5.78 Å². The van der Waals surface area contributed by atoms with Crippen LogP contribution in [0.5, 0.6) is 23.0 Å². The van der Waals surface area contributed by atoms with E-state index in [0.717, 1.165) is 89.4 Å². The zero-order valence-electron chi connectivity index (χ0n) is 37.1. The molecule has 0 saturated carbocycles. The molecule has 0 N–H and O–H groups in total. The Morgan fingerprint density at radius 1 is 0.176 bits per heavy atom. The summed E-state index contributed by atoms with van der Waals surface area (Å²) in [6.07, 6.45) is 0. The molecular weight excluding hydrogens is 829 g/mol. The maximum Gasteiger partial charge on any atom is 0.195 e. The normalized spacial score (nSPS) is 12.3. The summed E-state index contributed by atoms with van der Waals surface area (Å²) in [4.78, 5) is 15.5. The molecule has 10 aromatic carbocycles. The molecule has 0 unspecified atom stereocenters. The van der Waals surface area contributed by atoms with E-state index in [1.807, 2.05) is 121 Å². The average Bonchev–Trinajstić information content (AvgIpc) is 3.72. The van der Waals surface area contributed by atoms with E-state index in [0.29, 0.717) is 22.6 Å². The minimum atomic E-state index is -0.0346. The van der Waals surface area contributed by atoms with Gasteiger partial charge in [-0.25, -0.2) is 0 Å². The van der Waals surface area contributed by atoms with Crippen molar-refractivity contribution in [3.8, 4) is 67.5 Å². The molecule has 0 aliphatic heterocycles. The van der Waals surface area contributed by atoms with Gasteiger partial charge < -0.3 is 9.47 Å². The number of carbonyl (C=O) groups is 1. The van der Waals surface area contributed by atoms with Gasteiger partial charge in [-0.3, -0.25) is 4.79 Å². The molecule has 1 aliphatic rings. The van der Waals surface area contributed by atoms with Gasteiger partial charge in [0, 0.05) is 22.3 Å². The molecule has 0 amide bonds. The Morgan fingerprint density at radius 3 is 0.603 bits per heavy atom.